The van der Waals surface area contributed by atoms with Crippen molar-refractivity contribution in [1.82, 2.24) is 0 Å². The Morgan fingerprint density at radius 1 is 1.14 bits per heavy atom. The number of morpholine rings is 1. The molecule has 116 valence electrons. The largest absolute Gasteiger partial charge is 0.404 e. The van der Waals surface area contributed by atoms with Crippen molar-refractivity contribution in [3.8, 4) is 0 Å². The molecule has 2 aliphatic rings. The molecule has 2 heterocycles. The number of hydrogen-bond donors (Lipinski definition) is 0. The molecule has 6 heteroatoms. The first-order valence-corrected chi connectivity index (χ1v) is 8.08. The number of hydrogen-bond acceptors (Lipinski definition) is 3. The van der Waals surface area contributed by atoms with Crippen LogP contribution in [0.15, 0.2) is 36.4 Å². The zero-order chi connectivity index (χ0) is 15.3. The van der Waals surface area contributed by atoms with Crippen molar-refractivity contribution in [2.24, 2.45) is 0 Å². The summed E-state index contributed by atoms with van der Waals surface area (Å²) in [7, 11) is 0. The van der Waals surface area contributed by atoms with E-state index in [4.69, 9.17) is 4.74 Å². The van der Waals surface area contributed by atoms with Gasteiger partial charge in [0.05, 0.1) is 24.3 Å². The third-order valence-corrected chi connectivity index (χ3v) is 5.67. The van der Waals surface area contributed by atoms with Gasteiger partial charge in [-0.3, -0.25) is 0 Å². The first kappa shape index (κ1) is 14.2. The second-order valence-electron chi connectivity index (χ2n) is 5.51. The minimum absolute atomic E-state index is 0.279. The van der Waals surface area contributed by atoms with Gasteiger partial charge in [0.1, 0.15) is 5.25 Å². The first-order valence-electron chi connectivity index (χ1n) is 7.14. The third-order valence-electron chi connectivity index (χ3n) is 4.18. The SMILES string of the molecule is FC(F)(F)C1SC2COCCN2c2c1ccc1ccccc21. The second kappa shape index (κ2) is 5.06. The monoisotopic (exact) mass is 325 g/mol. The fourth-order valence-corrected chi connectivity index (χ4v) is 4.58. The second-order valence-corrected chi connectivity index (χ2v) is 6.79. The highest BCUT2D eigenvalue weighted by molar-refractivity contribution is 8.00. The van der Waals surface area contributed by atoms with E-state index in [0.29, 0.717) is 25.3 Å². The Kier molecular flexibility index (Phi) is 3.27. The first-order chi connectivity index (χ1) is 10.6. The summed E-state index contributed by atoms with van der Waals surface area (Å²) < 4.78 is 45.9. The minimum Gasteiger partial charge on any atom is -0.377 e. The van der Waals surface area contributed by atoms with Crippen LogP contribution in [0.2, 0.25) is 0 Å². The zero-order valence-corrected chi connectivity index (χ0v) is 12.5. The summed E-state index contributed by atoms with van der Waals surface area (Å²) in [5.41, 5.74) is 1.10. The molecular formula is C16H14F3NOS. The molecule has 0 N–H and O–H groups in total. The summed E-state index contributed by atoms with van der Waals surface area (Å²) in [6, 6.07) is 11.1. The van der Waals surface area contributed by atoms with Gasteiger partial charge in [0.15, 0.2) is 0 Å². The van der Waals surface area contributed by atoms with Crippen molar-refractivity contribution in [2.75, 3.05) is 24.7 Å². The molecule has 0 bridgehead atoms. The van der Waals surface area contributed by atoms with E-state index in [0.717, 1.165) is 28.2 Å². The van der Waals surface area contributed by atoms with Gasteiger partial charge in [-0.15, -0.1) is 11.8 Å². The average Bonchev–Trinajstić information content (AvgIpc) is 2.52. The maximum Gasteiger partial charge on any atom is 0.404 e. The fraction of sp³-hybridized carbons (Fsp3) is 0.375. The van der Waals surface area contributed by atoms with Gasteiger partial charge in [0.2, 0.25) is 0 Å². The Hall–Kier alpha value is -1.40. The van der Waals surface area contributed by atoms with Crippen LogP contribution in [-0.2, 0) is 4.74 Å². The molecule has 1 fully saturated rings. The van der Waals surface area contributed by atoms with E-state index in [9.17, 15) is 13.2 Å². The number of ether oxygens (including phenoxy) is 1. The van der Waals surface area contributed by atoms with Gasteiger partial charge in [-0.25, -0.2) is 0 Å². The van der Waals surface area contributed by atoms with Crippen LogP contribution in [0.25, 0.3) is 10.8 Å². The van der Waals surface area contributed by atoms with Gasteiger partial charge in [-0.2, -0.15) is 13.2 Å². The Bertz CT molecular complexity index is 718. The van der Waals surface area contributed by atoms with Crippen molar-refractivity contribution in [2.45, 2.75) is 16.8 Å². The molecule has 2 unspecified atom stereocenters. The molecule has 0 saturated carbocycles. The number of nitrogens with zero attached hydrogens (tertiary/aromatic N) is 1. The molecule has 0 radical (unpaired) electrons. The van der Waals surface area contributed by atoms with E-state index >= 15 is 0 Å². The lowest BCUT2D eigenvalue weighted by Gasteiger charge is -2.45. The van der Waals surface area contributed by atoms with Crippen molar-refractivity contribution < 1.29 is 17.9 Å². The Morgan fingerprint density at radius 3 is 2.77 bits per heavy atom. The van der Waals surface area contributed by atoms with E-state index in [-0.39, 0.29) is 5.37 Å². The van der Waals surface area contributed by atoms with Gasteiger partial charge in [0, 0.05) is 11.9 Å². The Balaban J connectivity index is 1.97. The lowest BCUT2D eigenvalue weighted by atomic mass is 9.99. The molecule has 4 rings (SSSR count). The molecule has 0 amide bonds. The van der Waals surface area contributed by atoms with E-state index in [1.807, 2.05) is 24.3 Å². The van der Waals surface area contributed by atoms with Crippen molar-refractivity contribution >= 4 is 28.2 Å². The quantitative estimate of drug-likeness (QED) is 0.714. The molecule has 2 nitrogen and oxygen atoms in total. The minimum atomic E-state index is -4.26. The molecule has 0 aromatic heterocycles. The predicted molar refractivity (Wildman–Crippen MR) is 82.3 cm³/mol. The van der Waals surface area contributed by atoms with Crippen molar-refractivity contribution in [3.05, 3.63) is 42.0 Å². The number of thioether (sulfide) groups is 1. The highest BCUT2D eigenvalue weighted by atomic mass is 32.2. The van der Waals surface area contributed by atoms with E-state index < -0.39 is 11.4 Å². The van der Waals surface area contributed by atoms with E-state index in [1.165, 1.54) is 0 Å². The fourth-order valence-electron chi connectivity index (χ4n) is 3.24. The van der Waals surface area contributed by atoms with Crippen LogP contribution in [0.1, 0.15) is 10.8 Å². The normalized spacial score (nSPS) is 25.0. The predicted octanol–water partition coefficient (Wildman–Crippen LogP) is 4.35. The molecule has 2 atom stereocenters. The molecule has 22 heavy (non-hydrogen) atoms. The smallest absolute Gasteiger partial charge is 0.377 e. The van der Waals surface area contributed by atoms with Gasteiger partial charge < -0.3 is 9.64 Å². The van der Waals surface area contributed by atoms with Crippen LogP contribution in [0.3, 0.4) is 0 Å². The molecule has 0 aliphatic carbocycles. The summed E-state index contributed by atoms with van der Waals surface area (Å²) in [5, 5.41) is 0.0921. The number of alkyl halides is 3. The number of anilines is 1. The maximum absolute atomic E-state index is 13.5. The van der Waals surface area contributed by atoms with Crippen molar-refractivity contribution in [1.29, 1.82) is 0 Å². The zero-order valence-electron chi connectivity index (χ0n) is 11.6. The summed E-state index contributed by atoms with van der Waals surface area (Å²) >= 11 is 0.950. The Morgan fingerprint density at radius 2 is 1.95 bits per heavy atom. The third kappa shape index (κ3) is 2.16. The lowest BCUT2D eigenvalue weighted by molar-refractivity contribution is -0.130. The topological polar surface area (TPSA) is 12.5 Å². The van der Waals surface area contributed by atoms with Crippen LogP contribution < -0.4 is 4.90 Å². The summed E-state index contributed by atoms with van der Waals surface area (Å²) in [6.07, 6.45) is -4.26. The van der Waals surface area contributed by atoms with Crippen LogP contribution in [0, 0.1) is 0 Å². The summed E-state index contributed by atoms with van der Waals surface area (Å²) in [5.74, 6) is 0. The number of halogens is 3. The summed E-state index contributed by atoms with van der Waals surface area (Å²) in [4.78, 5) is 2.08. The maximum atomic E-state index is 13.5. The van der Waals surface area contributed by atoms with Gasteiger partial charge in [-0.1, -0.05) is 36.4 Å². The van der Waals surface area contributed by atoms with Gasteiger partial charge >= 0.3 is 6.18 Å². The van der Waals surface area contributed by atoms with E-state index in [2.05, 4.69) is 4.90 Å². The van der Waals surface area contributed by atoms with Crippen LogP contribution in [0.4, 0.5) is 18.9 Å². The number of fused-ring (bicyclic) bond motifs is 5. The molecular weight excluding hydrogens is 311 g/mol. The molecule has 0 spiro atoms. The number of benzene rings is 2. The molecule has 2 aromatic carbocycles. The lowest BCUT2D eigenvalue weighted by Crippen LogP contribution is -2.48. The summed E-state index contributed by atoms with van der Waals surface area (Å²) in [6.45, 7) is 1.51. The Labute approximate surface area is 130 Å². The molecule has 2 aromatic rings. The van der Waals surface area contributed by atoms with Crippen LogP contribution >= 0.6 is 11.8 Å². The van der Waals surface area contributed by atoms with Gasteiger partial charge in [-0.05, 0) is 10.9 Å². The molecule has 2 aliphatic heterocycles. The average molecular weight is 325 g/mol. The standard InChI is InChI=1S/C16H14F3NOS/c17-16(18,19)15-12-6-5-10-3-1-2-4-11(10)14(12)20-7-8-21-9-13(20)22-15/h1-6,13,15H,7-9H2. The number of rotatable bonds is 0. The highest BCUT2D eigenvalue weighted by Gasteiger charge is 2.48. The van der Waals surface area contributed by atoms with E-state index in [1.54, 1.807) is 12.1 Å². The van der Waals surface area contributed by atoms with Crippen LogP contribution in [0.5, 0.6) is 0 Å². The molecule has 1 saturated heterocycles. The van der Waals surface area contributed by atoms with Crippen LogP contribution in [-0.4, -0.2) is 31.3 Å². The van der Waals surface area contributed by atoms with Gasteiger partial charge in [0.25, 0.3) is 0 Å². The highest BCUT2D eigenvalue weighted by Crippen LogP contribution is 2.54. The van der Waals surface area contributed by atoms with Crippen molar-refractivity contribution in [3.63, 3.8) is 0 Å².